The number of fused-ring (bicyclic) bond motifs is 1. The summed E-state index contributed by atoms with van der Waals surface area (Å²) >= 11 is 0. The Labute approximate surface area is 190 Å². The van der Waals surface area contributed by atoms with Gasteiger partial charge >= 0.3 is 0 Å². The standard InChI is InChI=1S/C27H46N2O2/c1-19(17-29-13-12-28(4)18-20(29)2)25-9-10-26-22(6-5-11-27(25,26)3)8-7-21-14-23(30)16-24(31)15-21/h7-8,19-20,23-26,30-31H,5-6,9-18H2,1-4H3/b22-8+/t19?,20-,23-,24-,25-,26+,27-/m1/s1. The van der Waals surface area contributed by atoms with Crippen molar-refractivity contribution < 1.29 is 10.2 Å². The first-order valence-electron chi connectivity index (χ1n) is 12.9. The Morgan fingerprint density at radius 1 is 1.13 bits per heavy atom. The van der Waals surface area contributed by atoms with Crippen LogP contribution in [0.5, 0.6) is 0 Å². The highest BCUT2D eigenvalue weighted by Gasteiger charge is 2.50. The summed E-state index contributed by atoms with van der Waals surface area (Å²) in [6.45, 7) is 12.4. The molecule has 0 spiro atoms. The van der Waals surface area contributed by atoms with Crippen LogP contribution in [0.1, 0.15) is 72.1 Å². The van der Waals surface area contributed by atoms with Crippen molar-refractivity contribution in [2.24, 2.45) is 23.2 Å². The molecule has 3 saturated carbocycles. The van der Waals surface area contributed by atoms with Crippen LogP contribution in [0.4, 0.5) is 0 Å². The van der Waals surface area contributed by atoms with Crippen LogP contribution in [0.15, 0.2) is 23.3 Å². The summed E-state index contributed by atoms with van der Waals surface area (Å²) in [7, 11) is 2.25. The number of aliphatic hydroxyl groups is 2. The van der Waals surface area contributed by atoms with Crippen LogP contribution in [0.2, 0.25) is 0 Å². The van der Waals surface area contributed by atoms with Gasteiger partial charge in [0.15, 0.2) is 0 Å². The Hall–Kier alpha value is -0.680. The summed E-state index contributed by atoms with van der Waals surface area (Å²) in [5, 5.41) is 20.0. The maximum absolute atomic E-state index is 10.0. The van der Waals surface area contributed by atoms with Crippen molar-refractivity contribution in [1.82, 2.24) is 9.80 Å². The predicted octanol–water partition coefficient (Wildman–Crippen LogP) is 4.23. The molecule has 3 aliphatic carbocycles. The monoisotopic (exact) mass is 430 g/mol. The van der Waals surface area contributed by atoms with Crippen molar-refractivity contribution in [2.45, 2.75) is 90.4 Å². The Morgan fingerprint density at radius 2 is 1.87 bits per heavy atom. The lowest BCUT2D eigenvalue weighted by atomic mass is 9.61. The number of hydrogen-bond acceptors (Lipinski definition) is 4. The number of piperazine rings is 1. The molecule has 7 atom stereocenters. The molecule has 0 bridgehead atoms. The van der Waals surface area contributed by atoms with E-state index in [9.17, 15) is 10.2 Å². The van der Waals surface area contributed by atoms with Gasteiger partial charge in [-0.2, -0.15) is 0 Å². The molecule has 31 heavy (non-hydrogen) atoms. The Morgan fingerprint density at radius 3 is 2.58 bits per heavy atom. The van der Waals surface area contributed by atoms with Gasteiger partial charge in [-0.15, -0.1) is 0 Å². The first-order chi connectivity index (χ1) is 14.8. The van der Waals surface area contributed by atoms with Gasteiger partial charge in [0, 0.05) is 32.2 Å². The molecule has 176 valence electrons. The molecule has 1 saturated heterocycles. The molecule has 4 rings (SSSR count). The van der Waals surface area contributed by atoms with Crippen molar-refractivity contribution in [3.63, 3.8) is 0 Å². The molecule has 0 radical (unpaired) electrons. The van der Waals surface area contributed by atoms with Gasteiger partial charge in [-0.05, 0) is 88.5 Å². The molecule has 0 aromatic heterocycles. The van der Waals surface area contributed by atoms with Crippen LogP contribution in [0, 0.1) is 23.2 Å². The number of aliphatic hydroxyl groups excluding tert-OH is 2. The third kappa shape index (κ3) is 5.13. The van der Waals surface area contributed by atoms with Gasteiger partial charge in [0.05, 0.1) is 12.2 Å². The Kier molecular flexibility index (Phi) is 7.32. The molecule has 4 nitrogen and oxygen atoms in total. The van der Waals surface area contributed by atoms with E-state index < -0.39 is 0 Å². The van der Waals surface area contributed by atoms with Gasteiger partial charge in [0.1, 0.15) is 0 Å². The molecule has 2 N–H and O–H groups in total. The van der Waals surface area contributed by atoms with Crippen LogP contribution in [0.3, 0.4) is 0 Å². The third-order valence-electron chi connectivity index (χ3n) is 9.29. The summed E-state index contributed by atoms with van der Waals surface area (Å²) in [6, 6.07) is 0.667. The summed E-state index contributed by atoms with van der Waals surface area (Å²) in [4.78, 5) is 5.21. The summed E-state index contributed by atoms with van der Waals surface area (Å²) in [6.07, 6.45) is 12.5. The van der Waals surface area contributed by atoms with E-state index in [1.165, 1.54) is 63.9 Å². The summed E-state index contributed by atoms with van der Waals surface area (Å²) < 4.78 is 0. The highest BCUT2D eigenvalue weighted by molar-refractivity contribution is 5.26. The number of allylic oxidation sites excluding steroid dienone is 3. The molecule has 4 heteroatoms. The number of rotatable bonds is 4. The van der Waals surface area contributed by atoms with Crippen LogP contribution in [0.25, 0.3) is 0 Å². The minimum absolute atomic E-state index is 0.376. The fourth-order valence-corrected chi connectivity index (χ4v) is 7.69. The molecule has 4 aliphatic rings. The van der Waals surface area contributed by atoms with Crippen LogP contribution in [-0.2, 0) is 0 Å². The van der Waals surface area contributed by atoms with Crippen LogP contribution in [-0.4, -0.2) is 71.5 Å². The predicted molar refractivity (Wildman–Crippen MR) is 128 cm³/mol. The van der Waals surface area contributed by atoms with Gasteiger partial charge < -0.3 is 15.1 Å². The highest BCUT2D eigenvalue weighted by Crippen LogP contribution is 2.59. The van der Waals surface area contributed by atoms with Gasteiger partial charge in [-0.3, -0.25) is 4.90 Å². The highest BCUT2D eigenvalue weighted by atomic mass is 16.3. The first kappa shape index (κ1) is 23.5. The fourth-order valence-electron chi connectivity index (χ4n) is 7.69. The van der Waals surface area contributed by atoms with Crippen molar-refractivity contribution in [3.05, 3.63) is 23.3 Å². The van der Waals surface area contributed by atoms with Gasteiger partial charge in [0.25, 0.3) is 0 Å². The minimum atomic E-state index is -0.376. The van der Waals surface area contributed by atoms with Crippen LogP contribution >= 0.6 is 0 Å². The van der Waals surface area contributed by atoms with Crippen molar-refractivity contribution in [2.75, 3.05) is 33.2 Å². The molecular weight excluding hydrogens is 384 g/mol. The maximum Gasteiger partial charge on any atom is 0.0602 e. The summed E-state index contributed by atoms with van der Waals surface area (Å²) in [5.74, 6) is 2.29. The molecule has 0 amide bonds. The Balaban J connectivity index is 1.43. The average molecular weight is 431 g/mol. The fraction of sp³-hybridized carbons (Fsp3) is 0.852. The summed E-state index contributed by atoms with van der Waals surface area (Å²) in [5.41, 5.74) is 3.29. The van der Waals surface area contributed by atoms with E-state index in [2.05, 4.69) is 49.8 Å². The first-order valence-corrected chi connectivity index (χ1v) is 12.9. The van der Waals surface area contributed by atoms with E-state index in [0.29, 0.717) is 23.8 Å². The molecule has 4 fully saturated rings. The largest absolute Gasteiger partial charge is 0.393 e. The normalized spacial score (nSPS) is 42.6. The molecular formula is C27H46N2O2. The molecule has 0 aromatic rings. The second kappa shape index (κ2) is 9.67. The van der Waals surface area contributed by atoms with Gasteiger partial charge in [0.2, 0.25) is 0 Å². The zero-order valence-corrected chi connectivity index (χ0v) is 20.4. The lowest BCUT2D eigenvalue weighted by Gasteiger charge is -2.46. The Bertz CT molecular complexity index is 677. The molecule has 1 heterocycles. The zero-order valence-electron chi connectivity index (χ0n) is 20.4. The van der Waals surface area contributed by atoms with E-state index >= 15 is 0 Å². The van der Waals surface area contributed by atoms with E-state index in [0.717, 1.165) is 24.7 Å². The van der Waals surface area contributed by atoms with Gasteiger partial charge in [-0.1, -0.05) is 37.1 Å². The van der Waals surface area contributed by atoms with E-state index in [-0.39, 0.29) is 12.2 Å². The van der Waals surface area contributed by atoms with Gasteiger partial charge in [-0.25, -0.2) is 0 Å². The molecule has 0 aromatic carbocycles. The third-order valence-corrected chi connectivity index (χ3v) is 9.29. The number of nitrogens with zero attached hydrogens (tertiary/aromatic N) is 2. The smallest absolute Gasteiger partial charge is 0.0602 e. The van der Waals surface area contributed by atoms with Crippen molar-refractivity contribution in [1.29, 1.82) is 0 Å². The topological polar surface area (TPSA) is 46.9 Å². The van der Waals surface area contributed by atoms with Crippen molar-refractivity contribution >= 4 is 0 Å². The second-order valence-electron chi connectivity index (χ2n) is 11.7. The maximum atomic E-state index is 10.0. The molecule has 1 aliphatic heterocycles. The second-order valence-corrected chi connectivity index (χ2v) is 11.7. The zero-order chi connectivity index (χ0) is 22.2. The van der Waals surface area contributed by atoms with E-state index in [4.69, 9.17) is 0 Å². The quantitative estimate of drug-likeness (QED) is 0.701. The SMILES string of the molecule is CC(CN1CCN(C)C[C@H]1C)[C@H]1CC[C@H]2/C(=C/C=C3C[C@@H](O)C[C@H](O)C3)CCC[C@]12C. The van der Waals surface area contributed by atoms with E-state index in [1.807, 2.05) is 0 Å². The van der Waals surface area contributed by atoms with E-state index in [1.54, 1.807) is 5.57 Å². The number of hydrogen-bond donors (Lipinski definition) is 2. The average Bonchev–Trinajstić information content (AvgIpc) is 3.05. The lowest BCUT2D eigenvalue weighted by Crippen LogP contribution is -2.52. The van der Waals surface area contributed by atoms with Crippen LogP contribution < -0.4 is 0 Å². The number of likely N-dealkylation sites (N-methyl/N-ethyl adjacent to an activating group) is 1. The van der Waals surface area contributed by atoms with Crippen molar-refractivity contribution in [3.8, 4) is 0 Å². The minimum Gasteiger partial charge on any atom is -0.393 e. The molecule has 1 unspecified atom stereocenters. The lowest BCUT2D eigenvalue weighted by molar-refractivity contribution is 0.0434.